The topological polar surface area (TPSA) is 24.9 Å². The molecule has 58 valence electrons. The molecule has 11 heavy (non-hydrogen) atoms. The molecule has 0 atom stereocenters. The Morgan fingerprint density at radius 1 is 1.55 bits per heavy atom. The summed E-state index contributed by atoms with van der Waals surface area (Å²) in [5, 5.41) is 3.42. The van der Waals surface area contributed by atoms with Crippen LogP contribution in [0.1, 0.15) is 25.0 Å². The third-order valence-electron chi connectivity index (χ3n) is 2.30. The maximum absolute atomic E-state index is 4.08. The number of rotatable bonds is 0. The lowest BCUT2D eigenvalue weighted by Crippen LogP contribution is -2.28. The molecule has 0 aromatic carbocycles. The molecule has 0 unspecified atom stereocenters. The number of pyridine rings is 1. The Labute approximate surface area is 66.7 Å². The van der Waals surface area contributed by atoms with Gasteiger partial charge in [-0.25, -0.2) is 0 Å². The minimum atomic E-state index is 0.137. The second kappa shape index (κ2) is 2.05. The van der Waals surface area contributed by atoms with E-state index >= 15 is 0 Å². The van der Waals surface area contributed by atoms with E-state index in [2.05, 4.69) is 30.2 Å². The summed E-state index contributed by atoms with van der Waals surface area (Å²) in [6.45, 7) is 5.34. The molecule has 0 saturated heterocycles. The van der Waals surface area contributed by atoms with Crippen molar-refractivity contribution >= 4 is 0 Å². The number of aromatic nitrogens is 1. The molecule has 2 nitrogen and oxygen atoms in total. The Balaban J connectivity index is 2.56. The van der Waals surface area contributed by atoms with Crippen LogP contribution in [0.2, 0.25) is 0 Å². The molecular weight excluding hydrogens is 136 g/mol. The summed E-state index contributed by atoms with van der Waals surface area (Å²) in [7, 11) is 0. The molecule has 1 N–H and O–H groups in total. The van der Waals surface area contributed by atoms with Gasteiger partial charge < -0.3 is 5.32 Å². The van der Waals surface area contributed by atoms with Crippen molar-refractivity contribution in [3.63, 3.8) is 0 Å². The van der Waals surface area contributed by atoms with E-state index in [0.717, 1.165) is 6.54 Å². The molecule has 1 aliphatic heterocycles. The van der Waals surface area contributed by atoms with Crippen LogP contribution in [-0.4, -0.2) is 4.98 Å². The van der Waals surface area contributed by atoms with E-state index in [0.29, 0.717) is 0 Å². The first-order valence-corrected chi connectivity index (χ1v) is 3.88. The minimum Gasteiger partial charge on any atom is -0.304 e. The number of fused-ring (bicyclic) bond motifs is 1. The molecule has 1 aromatic heterocycles. The standard InChI is InChI=1S/C9H12N2/c1-9(2)8-3-4-10-5-7(8)6-11-9/h3-5,11H,6H2,1-2H3. The largest absolute Gasteiger partial charge is 0.304 e. The van der Waals surface area contributed by atoms with Crippen LogP contribution >= 0.6 is 0 Å². The average Bonchev–Trinajstić information content (AvgIpc) is 2.29. The van der Waals surface area contributed by atoms with Crippen LogP contribution in [0.5, 0.6) is 0 Å². The van der Waals surface area contributed by atoms with Gasteiger partial charge in [-0.15, -0.1) is 0 Å². The summed E-state index contributed by atoms with van der Waals surface area (Å²) in [5.41, 5.74) is 2.85. The van der Waals surface area contributed by atoms with Gasteiger partial charge in [-0.3, -0.25) is 4.98 Å². The lowest BCUT2D eigenvalue weighted by molar-refractivity contribution is 0.442. The van der Waals surface area contributed by atoms with Gasteiger partial charge >= 0.3 is 0 Å². The lowest BCUT2D eigenvalue weighted by Gasteiger charge is -2.18. The summed E-state index contributed by atoms with van der Waals surface area (Å²) < 4.78 is 0. The summed E-state index contributed by atoms with van der Waals surface area (Å²) >= 11 is 0. The predicted octanol–water partition coefficient (Wildman–Crippen LogP) is 1.42. The first kappa shape index (κ1) is 6.80. The first-order valence-electron chi connectivity index (χ1n) is 3.88. The Hall–Kier alpha value is -0.890. The highest BCUT2D eigenvalue weighted by atomic mass is 15.0. The van der Waals surface area contributed by atoms with Crippen molar-refractivity contribution in [2.75, 3.05) is 0 Å². The molecule has 1 aliphatic rings. The van der Waals surface area contributed by atoms with Crippen molar-refractivity contribution in [2.45, 2.75) is 25.9 Å². The fourth-order valence-electron chi connectivity index (χ4n) is 1.59. The molecule has 0 spiro atoms. The molecule has 2 heteroatoms. The predicted molar refractivity (Wildman–Crippen MR) is 44.1 cm³/mol. The zero-order valence-electron chi connectivity index (χ0n) is 6.89. The van der Waals surface area contributed by atoms with E-state index < -0.39 is 0 Å². The van der Waals surface area contributed by atoms with E-state index in [9.17, 15) is 0 Å². The third kappa shape index (κ3) is 0.942. The molecule has 0 amide bonds. The molecule has 0 bridgehead atoms. The maximum atomic E-state index is 4.08. The quantitative estimate of drug-likeness (QED) is 0.602. The monoisotopic (exact) mass is 148 g/mol. The Morgan fingerprint density at radius 2 is 2.36 bits per heavy atom. The molecule has 2 rings (SSSR count). The fraction of sp³-hybridized carbons (Fsp3) is 0.444. The molecular formula is C9H12N2. The van der Waals surface area contributed by atoms with Crippen LogP contribution in [0.25, 0.3) is 0 Å². The second-order valence-electron chi connectivity index (χ2n) is 3.51. The van der Waals surface area contributed by atoms with Gasteiger partial charge in [0.05, 0.1) is 0 Å². The molecule has 0 saturated carbocycles. The average molecular weight is 148 g/mol. The van der Waals surface area contributed by atoms with Gasteiger partial charge in [-0.2, -0.15) is 0 Å². The SMILES string of the molecule is CC1(C)NCc2cnccc21. The van der Waals surface area contributed by atoms with Gasteiger partial charge in [0.1, 0.15) is 0 Å². The summed E-state index contributed by atoms with van der Waals surface area (Å²) in [5.74, 6) is 0. The molecule has 2 heterocycles. The van der Waals surface area contributed by atoms with Gasteiger partial charge in [0.15, 0.2) is 0 Å². The Morgan fingerprint density at radius 3 is 3.09 bits per heavy atom. The van der Waals surface area contributed by atoms with E-state index in [1.807, 2.05) is 12.4 Å². The number of nitrogens with zero attached hydrogens (tertiary/aromatic N) is 1. The summed E-state index contributed by atoms with van der Waals surface area (Å²) in [4.78, 5) is 4.08. The van der Waals surface area contributed by atoms with Crippen LogP contribution < -0.4 is 5.32 Å². The molecule has 0 fully saturated rings. The molecule has 0 aliphatic carbocycles. The normalized spacial score (nSPS) is 19.8. The van der Waals surface area contributed by atoms with Crippen LogP contribution in [0.3, 0.4) is 0 Å². The van der Waals surface area contributed by atoms with E-state index in [1.54, 1.807) is 0 Å². The highest BCUT2D eigenvalue weighted by Gasteiger charge is 2.28. The highest BCUT2D eigenvalue weighted by molar-refractivity contribution is 5.33. The van der Waals surface area contributed by atoms with Gasteiger partial charge in [-0.05, 0) is 31.0 Å². The lowest BCUT2D eigenvalue weighted by atomic mass is 9.96. The van der Waals surface area contributed by atoms with Crippen molar-refractivity contribution < 1.29 is 0 Å². The van der Waals surface area contributed by atoms with E-state index in [-0.39, 0.29) is 5.54 Å². The Bertz CT molecular complexity index is 279. The number of nitrogens with one attached hydrogen (secondary N) is 1. The van der Waals surface area contributed by atoms with Crippen LogP contribution in [0.4, 0.5) is 0 Å². The maximum Gasteiger partial charge on any atom is 0.0384 e. The van der Waals surface area contributed by atoms with E-state index in [1.165, 1.54) is 11.1 Å². The van der Waals surface area contributed by atoms with Gasteiger partial charge in [0.2, 0.25) is 0 Å². The van der Waals surface area contributed by atoms with Crippen LogP contribution in [-0.2, 0) is 12.1 Å². The third-order valence-corrected chi connectivity index (χ3v) is 2.30. The molecule has 0 radical (unpaired) electrons. The van der Waals surface area contributed by atoms with E-state index in [4.69, 9.17) is 0 Å². The Kier molecular flexibility index (Phi) is 1.26. The van der Waals surface area contributed by atoms with Crippen LogP contribution in [0.15, 0.2) is 18.5 Å². The van der Waals surface area contributed by atoms with Crippen molar-refractivity contribution in [2.24, 2.45) is 0 Å². The fourth-order valence-corrected chi connectivity index (χ4v) is 1.59. The first-order chi connectivity index (χ1) is 5.20. The zero-order valence-corrected chi connectivity index (χ0v) is 6.89. The number of hydrogen-bond acceptors (Lipinski definition) is 2. The van der Waals surface area contributed by atoms with Gasteiger partial charge in [0.25, 0.3) is 0 Å². The summed E-state index contributed by atoms with van der Waals surface area (Å²) in [6.07, 6.45) is 3.80. The van der Waals surface area contributed by atoms with Crippen molar-refractivity contribution in [1.29, 1.82) is 0 Å². The second-order valence-corrected chi connectivity index (χ2v) is 3.51. The summed E-state index contributed by atoms with van der Waals surface area (Å²) in [6, 6.07) is 2.09. The van der Waals surface area contributed by atoms with Crippen LogP contribution in [0, 0.1) is 0 Å². The molecule has 1 aromatic rings. The van der Waals surface area contributed by atoms with Crippen molar-refractivity contribution in [3.8, 4) is 0 Å². The minimum absolute atomic E-state index is 0.137. The smallest absolute Gasteiger partial charge is 0.0384 e. The van der Waals surface area contributed by atoms with Crippen molar-refractivity contribution in [1.82, 2.24) is 10.3 Å². The highest BCUT2D eigenvalue weighted by Crippen LogP contribution is 2.28. The zero-order chi connectivity index (χ0) is 7.90. The number of hydrogen-bond donors (Lipinski definition) is 1. The van der Waals surface area contributed by atoms with Gasteiger partial charge in [-0.1, -0.05) is 0 Å². The van der Waals surface area contributed by atoms with Gasteiger partial charge in [0, 0.05) is 24.5 Å². The van der Waals surface area contributed by atoms with Crippen molar-refractivity contribution in [3.05, 3.63) is 29.6 Å².